The van der Waals surface area contributed by atoms with Crippen molar-refractivity contribution in [2.45, 2.75) is 44.7 Å². The minimum Gasteiger partial charge on any atom is -0.363 e. The van der Waals surface area contributed by atoms with Crippen LogP contribution in [0.15, 0.2) is 48.2 Å². The van der Waals surface area contributed by atoms with Crippen molar-refractivity contribution >= 4 is 23.7 Å². The van der Waals surface area contributed by atoms with Crippen LogP contribution in [0.25, 0.3) is 6.08 Å². The van der Waals surface area contributed by atoms with Crippen molar-refractivity contribution in [2.24, 2.45) is 0 Å². The second kappa shape index (κ2) is 9.35. The van der Waals surface area contributed by atoms with Crippen LogP contribution in [0.1, 0.15) is 38.2 Å². The van der Waals surface area contributed by atoms with Gasteiger partial charge in [0.05, 0.1) is 0 Å². The molecule has 1 aromatic carbocycles. The molecule has 0 aliphatic heterocycles. The monoisotopic (exact) mass is 379 g/mol. The number of benzene rings is 1. The molecule has 2 N–H and O–H groups in total. The first-order chi connectivity index (χ1) is 13.5. The van der Waals surface area contributed by atoms with Crippen molar-refractivity contribution in [1.29, 1.82) is 0 Å². The molecule has 1 fully saturated rings. The Labute approximate surface area is 167 Å². The van der Waals surface area contributed by atoms with E-state index in [0.29, 0.717) is 12.0 Å². The van der Waals surface area contributed by atoms with Crippen molar-refractivity contribution in [1.82, 2.24) is 15.3 Å². The Kier molecular flexibility index (Phi) is 6.63. The van der Waals surface area contributed by atoms with Gasteiger partial charge >= 0.3 is 0 Å². The summed E-state index contributed by atoms with van der Waals surface area (Å²) in [5.41, 5.74) is 1.78. The van der Waals surface area contributed by atoms with E-state index in [-0.39, 0.29) is 11.9 Å². The lowest BCUT2D eigenvalue weighted by molar-refractivity contribution is -0.118. The molecular weight excluding hydrogens is 350 g/mol. The maximum absolute atomic E-state index is 12.5. The smallest absolute Gasteiger partial charge is 0.247 e. The Morgan fingerprint density at radius 1 is 1.07 bits per heavy atom. The molecule has 1 amide bonds. The van der Waals surface area contributed by atoms with Gasteiger partial charge in [0, 0.05) is 37.9 Å². The first-order valence-electron chi connectivity index (χ1n) is 9.82. The van der Waals surface area contributed by atoms with E-state index in [1.165, 1.54) is 0 Å². The van der Waals surface area contributed by atoms with Gasteiger partial charge in [-0.05, 0) is 50.3 Å². The number of aromatic nitrogens is 2. The fraction of sp³-hybridized carbons (Fsp3) is 0.409. The quantitative estimate of drug-likeness (QED) is 0.752. The minimum atomic E-state index is 0.0160. The molecule has 0 radical (unpaired) electrons. The maximum Gasteiger partial charge on any atom is 0.247 e. The molecule has 0 unspecified atom stereocenters. The molecule has 0 spiro atoms. The van der Waals surface area contributed by atoms with Gasteiger partial charge in [-0.25, -0.2) is 4.98 Å². The van der Waals surface area contributed by atoms with Crippen molar-refractivity contribution in [2.75, 3.05) is 24.3 Å². The third-order valence-corrected chi connectivity index (χ3v) is 5.04. The molecule has 0 bridgehead atoms. The summed E-state index contributed by atoms with van der Waals surface area (Å²) in [4.78, 5) is 23.3. The highest BCUT2D eigenvalue weighted by molar-refractivity contribution is 5.97. The largest absolute Gasteiger partial charge is 0.363 e. The molecule has 1 aliphatic rings. The number of nitrogens with zero attached hydrogens (tertiary/aromatic N) is 3. The number of carbonyl (C=O) groups is 1. The topological polar surface area (TPSA) is 70.2 Å². The summed E-state index contributed by atoms with van der Waals surface area (Å²) in [6.07, 6.45) is 7.59. The lowest BCUT2D eigenvalue weighted by Crippen LogP contribution is -2.40. The predicted octanol–water partition coefficient (Wildman–Crippen LogP) is 3.49. The Balaban J connectivity index is 1.48. The number of hydrogen-bond acceptors (Lipinski definition) is 5. The fourth-order valence-electron chi connectivity index (χ4n) is 3.40. The second-order valence-corrected chi connectivity index (χ2v) is 7.54. The summed E-state index contributed by atoms with van der Waals surface area (Å²) in [6, 6.07) is 12.4. The predicted molar refractivity (Wildman–Crippen MR) is 114 cm³/mol. The molecular formula is C22H29N5O. The molecule has 1 aromatic heterocycles. The molecule has 28 heavy (non-hydrogen) atoms. The van der Waals surface area contributed by atoms with Gasteiger partial charge in [0.15, 0.2) is 0 Å². The van der Waals surface area contributed by atoms with Crippen LogP contribution >= 0.6 is 0 Å². The van der Waals surface area contributed by atoms with Gasteiger partial charge in [-0.15, -0.1) is 0 Å². The van der Waals surface area contributed by atoms with Crippen LogP contribution in [-0.4, -0.2) is 42.1 Å². The second-order valence-electron chi connectivity index (χ2n) is 7.54. The van der Waals surface area contributed by atoms with Crippen LogP contribution in [0.4, 0.5) is 11.8 Å². The van der Waals surface area contributed by atoms with Crippen molar-refractivity contribution < 1.29 is 4.79 Å². The maximum atomic E-state index is 12.5. The van der Waals surface area contributed by atoms with Gasteiger partial charge in [0.1, 0.15) is 5.82 Å². The molecule has 148 valence electrons. The number of anilines is 2. The zero-order valence-corrected chi connectivity index (χ0v) is 16.9. The Morgan fingerprint density at radius 3 is 2.43 bits per heavy atom. The molecule has 0 atom stereocenters. The Hall–Kier alpha value is -2.89. The van der Waals surface area contributed by atoms with Gasteiger partial charge in [0.2, 0.25) is 11.9 Å². The molecule has 2 aromatic rings. The van der Waals surface area contributed by atoms with Gasteiger partial charge in [-0.1, -0.05) is 30.3 Å². The Bertz CT molecular complexity index is 811. The highest BCUT2D eigenvalue weighted by atomic mass is 16.1. The number of carbonyl (C=O) groups excluding carboxylic acids is 1. The average molecular weight is 380 g/mol. The van der Waals surface area contributed by atoms with Crippen LogP contribution in [-0.2, 0) is 4.79 Å². The number of nitrogens with one attached hydrogen (secondary N) is 2. The molecule has 1 saturated carbocycles. The van der Waals surface area contributed by atoms with E-state index >= 15 is 0 Å². The third kappa shape index (κ3) is 5.55. The summed E-state index contributed by atoms with van der Waals surface area (Å²) in [5.74, 6) is 1.57. The average Bonchev–Trinajstić information content (AvgIpc) is 2.70. The molecule has 6 heteroatoms. The van der Waals surface area contributed by atoms with Crippen molar-refractivity contribution in [3.05, 3.63) is 53.7 Å². The van der Waals surface area contributed by atoms with E-state index in [9.17, 15) is 4.79 Å². The summed E-state index contributed by atoms with van der Waals surface area (Å²) in [6.45, 7) is 1.87. The third-order valence-electron chi connectivity index (χ3n) is 5.04. The van der Waals surface area contributed by atoms with Crippen molar-refractivity contribution in [3.63, 3.8) is 0 Å². The minimum absolute atomic E-state index is 0.0160. The summed E-state index contributed by atoms with van der Waals surface area (Å²) in [5, 5.41) is 6.61. The van der Waals surface area contributed by atoms with E-state index in [1.54, 1.807) is 6.20 Å². The Morgan fingerprint density at radius 2 is 1.75 bits per heavy atom. The zero-order valence-electron chi connectivity index (χ0n) is 16.9. The lowest BCUT2D eigenvalue weighted by atomic mass is 9.91. The summed E-state index contributed by atoms with van der Waals surface area (Å²) in [7, 11) is 3.93. The van der Waals surface area contributed by atoms with Crippen LogP contribution in [0.5, 0.6) is 0 Å². The lowest BCUT2D eigenvalue weighted by Gasteiger charge is -2.30. The zero-order chi connectivity index (χ0) is 19.9. The first kappa shape index (κ1) is 19.9. The van der Waals surface area contributed by atoms with Crippen LogP contribution in [0.2, 0.25) is 0 Å². The highest BCUT2D eigenvalue weighted by Crippen LogP contribution is 2.22. The fourth-order valence-corrected chi connectivity index (χ4v) is 3.40. The first-order valence-corrected chi connectivity index (χ1v) is 9.82. The van der Waals surface area contributed by atoms with E-state index in [4.69, 9.17) is 0 Å². The van der Waals surface area contributed by atoms with E-state index in [0.717, 1.165) is 42.6 Å². The highest BCUT2D eigenvalue weighted by Gasteiger charge is 2.23. The van der Waals surface area contributed by atoms with Gasteiger partial charge in [0.25, 0.3) is 0 Å². The summed E-state index contributed by atoms with van der Waals surface area (Å²) >= 11 is 0. The van der Waals surface area contributed by atoms with Gasteiger partial charge < -0.3 is 15.5 Å². The molecule has 3 rings (SSSR count). The van der Waals surface area contributed by atoms with E-state index < -0.39 is 0 Å². The van der Waals surface area contributed by atoms with Gasteiger partial charge in [-0.3, -0.25) is 4.79 Å². The van der Waals surface area contributed by atoms with Crippen LogP contribution < -0.4 is 15.5 Å². The SMILES string of the molecule is CC(=Cc1ccccc1)C(=O)N[C@H]1CC[C@@H](Nc2nccc(N(C)C)n2)CC1. The molecule has 1 aliphatic carbocycles. The number of hydrogen-bond donors (Lipinski definition) is 2. The molecule has 0 saturated heterocycles. The number of rotatable bonds is 6. The normalized spacial score (nSPS) is 19.8. The van der Waals surface area contributed by atoms with Gasteiger partial charge in [-0.2, -0.15) is 4.98 Å². The van der Waals surface area contributed by atoms with Crippen LogP contribution in [0, 0.1) is 0 Å². The number of amides is 1. The van der Waals surface area contributed by atoms with Crippen LogP contribution in [0.3, 0.4) is 0 Å². The summed E-state index contributed by atoms with van der Waals surface area (Å²) < 4.78 is 0. The van der Waals surface area contributed by atoms with Crippen molar-refractivity contribution in [3.8, 4) is 0 Å². The molecule has 1 heterocycles. The van der Waals surface area contributed by atoms with E-state index in [2.05, 4.69) is 20.6 Å². The standard InChI is InChI=1S/C22H29N5O/c1-16(15-17-7-5-4-6-8-17)21(28)24-18-9-11-19(12-10-18)25-22-23-14-13-20(26-22)27(2)3/h4-8,13-15,18-19H,9-12H2,1-3H3,(H,24,28)(H,23,25,26)/t18-,19+. The van der Waals surface area contributed by atoms with E-state index in [1.807, 2.05) is 68.4 Å². The molecule has 6 nitrogen and oxygen atoms in total.